The second-order valence-electron chi connectivity index (χ2n) is 7.55. The second-order valence-corrected chi connectivity index (χ2v) is 8.76. The minimum absolute atomic E-state index is 0.0863. The van der Waals surface area contributed by atoms with E-state index in [0.29, 0.717) is 19.7 Å². The first-order valence-corrected chi connectivity index (χ1v) is 10.5. The quantitative estimate of drug-likeness (QED) is 0.530. The van der Waals surface area contributed by atoms with E-state index >= 15 is 0 Å². The standard InChI is InChI=1S/C22H29N3O2S/c1-15-8-10-18(11-9-15)27-13-7-6-12-25-19(14-24(4)5)23-21-20(22(25)26)16(2)17(3)28-21/h8-11H,6-7,12-14H2,1-5H3. The number of fused-ring (bicyclic) bond motifs is 1. The molecule has 0 N–H and O–H groups in total. The van der Waals surface area contributed by atoms with Crippen LogP contribution in [-0.2, 0) is 13.1 Å². The van der Waals surface area contributed by atoms with Gasteiger partial charge in [0.2, 0.25) is 0 Å². The third kappa shape index (κ3) is 4.62. The van der Waals surface area contributed by atoms with Crippen molar-refractivity contribution in [1.82, 2.24) is 14.5 Å². The van der Waals surface area contributed by atoms with Crippen molar-refractivity contribution < 1.29 is 4.74 Å². The van der Waals surface area contributed by atoms with E-state index in [9.17, 15) is 4.79 Å². The Morgan fingerprint density at radius 1 is 1.11 bits per heavy atom. The lowest BCUT2D eigenvalue weighted by Gasteiger charge is -2.16. The van der Waals surface area contributed by atoms with Crippen molar-refractivity contribution in [3.05, 3.63) is 56.4 Å². The summed E-state index contributed by atoms with van der Waals surface area (Å²) in [5, 5.41) is 0.779. The minimum atomic E-state index is 0.0863. The molecule has 0 amide bonds. The molecule has 2 aromatic heterocycles. The lowest BCUT2D eigenvalue weighted by molar-refractivity contribution is 0.301. The summed E-state index contributed by atoms with van der Waals surface area (Å²) in [7, 11) is 4.00. The van der Waals surface area contributed by atoms with Crippen LogP contribution in [0.4, 0.5) is 0 Å². The van der Waals surface area contributed by atoms with Gasteiger partial charge in [0.25, 0.3) is 5.56 Å². The van der Waals surface area contributed by atoms with Gasteiger partial charge in [0.05, 0.1) is 18.5 Å². The molecule has 0 unspecified atom stereocenters. The van der Waals surface area contributed by atoms with Crippen molar-refractivity contribution in [2.24, 2.45) is 0 Å². The largest absolute Gasteiger partial charge is 0.494 e. The summed E-state index contributed by atoms with van der Waals surface area (Å²) in [5.41, 5.74) is 2.37. The molecule has 0 fully saturated rings. The van der Waals surface area contributed by atoms with Gasteiger partial charge in [-0.1, -0.05) is 17.7 Å². The fourth-order valence-corrected chi connectivity index (χ4v) is 4.24. The highest BCUT2D eigenvalue weighted by atomic mass is 32.1. The zero-order valence-electron chi connectivity index (χ0n) is 17.4. The molecule has 3 aromatic rings. The number of rotatable bonds is 8. The van der Waals surface area contributed by atoms with Gasteiger partial charge < -0.3 is 9.64 Å². The molecular weight excluding hydrogens is 370 g/mol. The maximum atomic E-state index is 13.2. The molecule has 6 heteroatoms. The summed E-state index contributed by atoms with van der Waals surface area (Å²) >= 11 is 1.61. The maximum absolute atomic E-state index is 13.2. The maximum Gasteiger partial charge on any atom is 0.262 e. The van der Waals surface area contributed by atoms with Crippen molar-refractivity contribution >= 4 is 21.6 Å². The van der Waals surface area contributed by atoms with Gasteiger partial charge in [-0.3, -0.25) is 9.36 Å². The number of ether oxygens (including phenoxy) is 1. The van der Waals surface area contributed by atoms with Gasteiger partial charge in [-0.05, 0) is 65.4 Å². The molecule has 28 heavy (non-hydrogen) atoms. The van der Waals surface area contributed by atoms with Crippen LogP contribution in [0, 0.1) is 20.8 Å². The number of benzene rings is 1. The van der Waals surface area contributed by atoms with E-state index < -0.39 is 0 Å². The zero-order valence-corrected chi connectivity index (χ0v) is 18.2. The summed E-state index contributed by atoms with van der Waals surface area (Å²) in [6.45, 7) is 8.10. The Hall–Kier alpha value is -2.18. The van der Waals surface area contributed by atoms with E-state index in [1.807, 2.05) is 37.7 Å². The molecule has 0 atom stereocenters. The number of thiophene rings is 1. The molecular formula is C22H29N3O2S. The molecule has 0 saturated heterocycles. The molecule has 150 valence electrons. The summed E-state index contributed by atoms with van der Waals surface area (Å²) in [5.74, 6) is 1.73. The molecule has 3 rings (SSSR count). The fourth-order valence-electron chi connectivity index (χ4n) is 3.20. The monoisotopic (exact) mass is 399 g/mol. The lowest BCUT2D eigenvalue weighted by Crippen LogP contribution is -2.28. The summed E-state index contributed by atoms with van der Waals surface area (Å²) in [6, 6.07) is 8.09. The van der Waals surface area contributed by atoms with Gasteiger partial charge in [0.15, 0.2) is 0 Å². The van der Waals surface area contributed by atoms with Crippen LogP contribution >= 0.6 is 11.3 Å². The first kappa shape index (κ1) is 20.6. The molecule has 0 spiro atoms. The Balaban J connectivity index is 1.71. The third-order valence-corrected chi connectivity index (χ3v) is 5.99. The Morgan fingerprint density at radius 3 is 2.50 bits per heavy atom. The van der Waals surface area contributed by atoms with Gasteiger partial charge >= 0.3 is 0 Å². The molecule has 0 aliphatic carbocycles. The number of hydrogen-bond acceptors (Lipinski definition) is 5. The third-order valence-electron chi connectivity index (χ3n) is 4.89. The number of hydrogen-bond donors (Lipinski definition) is 0. The van der Waals surface area contributed by atoms with Crippen LogP contribution in [0.25, 0.3) is 10.2 Å². The number of aromatic nitrogens is 2. The fraction of sp³-hybridized carbons (Fsp3) is 0.455. The van der Waals surface area contributed by atoms with Gasteiger partial charge in [0, 0.05) is 11.4 Å². The summed E-state index contributed by atoms with van der Waals surface area (Å²) in [4.78, 5) is 22.1. The summed E-state index contributed by atoms with van der Waals surface area (Å²) < 4.78 is 7.66. The van der Waals surface area contributed by atoms with Crippen molar-refractivity contribution in [2.45, 2.75) is 46.7 Å². The summed E-state index contributed by atoms with van der Waals surface area (Å²) in [6.07, 6.45) is 1.77. The molecule has 0 bridgehead atoms. The first-order valence-electron chi connectivity index (χ1n) is 9.70. The van der Waals surface area contributed by atoms with Crippen LogP contribution < -0.4 is 10.3 Å². The van der Waals surface area contributed by atoms with Crippen LogP contribution in [0.2, 0.25) is 0 Å². The van der Waals surface area contributed by atoms with Crippen LogP contribution in [0.1, 0.15) is 34.7 Å². The van der Waals surface area contributed by atoms with Crippen molar-refractivity contribution in [2.75, 3.05) is 20.7 Å². The first-order chi connectivity index (χ1) is 13.4. The van der Waals surface area contributed by atoms with Crippen molar-refractivity contribution in [3.8, 4) is 5.75 Å². The Labute approximate surface area is 170 Å². The Morgan fingerprint density at radius 2 is 1.82 bits per heavy atom. The van der Waals surface area contributed by atoms with Crippen molar-refractivity contribution in [1.29, 1.82) is 0 Å². The number of unbranched alkanes of at least 4 members (excludes halogenated alkanes) is 1. The number of aryl methyl sites for hydroxylation is 3. The van der Waals surface area contributed by atoms with E-state index in [0.717, 1.165) is 40.2 Å². The molecule has 0 aliphatic rings. The van der Waals surface area contributed by atoms with E-state index in [2.05, 4.69) is 30.9 Å². The van der Waals surface area contributed by atoms with E-state index in [4.69, 9.17) is 9.72 Å². The molecule has 0 radical (unpaired) electrons. The highest BCUT2D eigenvalue weighted by Crippen LogP contribution is 2.26. The van der Waals surface area contributed by atoms with Gasteiger partial charge in [-0.15, -0.1) is 11.3 Å². The Bertz CT molecular complexity index is 1000. The van der Waals surface area contributed by atoms with Gasteiger partial charge in [0.1, 0.15) is 16.4 Å². The average molecular weight is 400 g/mol. The van der Waals surface area contributed by atoms with E-state index in [-0.39, 0.29) is 5.56 Å². The number of nitrogens with zero attached hydrogens (tertiary/aromatic N) is 3. The van der Waals surface area contributed by atoms with Crippen LogP contribution in [-0.4, -0.2) is 35.2 Å². The predicted octanol–water partition coefficient (Wildman–Crippen LogP) is 4.30. The van der Waals surface area contributed by atoms with Crippen LogP contribution in [0.5, 0.6) is 5.75 Å². The highest BCUT2D eigenvalue weighted by Gasteiger charge is 2.16. The van der Waals surface area contributed by atoms with Gasteiger partial charge in [-0.2, -0.15) is 0 Å². The highest BCUT2D eigenvalue weighted by molar-refractivity contribution is 7.18. The van der Waals surface area contributed by atoms with Crippen LogP contribution in [0.3, 0.4) is 0 Å². The molecule has 2 heterocycles. The average Bonchev–Trinajstić information content (AvgIpc) is 2.92. The normalized spacial score (nSPS) is 11.5. The van der Waals surface area contributed by atoms with E-state index in [1.165, 1.54) is 10.4 Å². The lowest BCUT2D eigenvalue weighted by atomic mass is 10.2. The Kier molecular flexibility index (Phi) is 6.52. The molecule has 1 aromatic carbocycles. The molecule has 5 nitrogen and oxygen atoms in total. The van der Waals surface area contributed by atoms with E-state index in [1.54, 1.807) is 11.3 Å². The predicted molar refractivity (Wildman–Crippen MR) is 117 cm³/mol. The smallest absolute Gasteiger partial charge is 0.262 e. The molecule has 0 aliphatic heterocycles. The van der Waals surface area contributed by atoms with Crippen LogP contribution in [0.15, 0.2) is 29.1 Å². The topological polar surface area (TPSA) is 47.4 Å². The SMILES string of the molecule is Cc1ccc(OCCCCn2c(CN(C)C)nc3sc(C)c(C)c3c2=O)cc1. The van der Waals surface area contributed by atoms with Gasteiger partial charge in [-0.25, -0.2) is 4.98 Å². The van der Waals surface area contributed by atoms with Crippen molar-refractivity contribution in [3.63, 3.8) is 0 Å². The minimum Gasteiger partial charge on any atom is -0.494 e. The molecule has 0 saturated carbocycles. The second kappa shape index (κ2) is 8.88. The zero-order chi connectivity index (χ0) is 20.3.